The molecule has 138 valence electrons. The third-order valence-corrected chi connectivity index (χ3v) is 4.67. The van der Waals surface area contributed by atoms with Crippen molar-refractivity contribution >= 4 is 29.0 Å². The highest BCUT2D eigenvalue weighted by Crippen LogP contribution is 2.20. The largest absolute Gasteiger partial charge is 0.465 e. The molecular weight excluding hydrogens is 334 g/mol. The second kappa shape index (κ2) is 9.73. The monoisotopic (exact) mass is 363 g/mol. The van der Waals surface area contributed by atoms with Crippen molar-refractivity contribution < 1.29 is 9.53 Å². The summed E-state index contributed by atoms with van der Waals surface area (Å²) >= 11 is 5.33. The van der Waals surface area contributed by atoms with Gasteiger partial charge in [-0.15, -0.1) is 0 Å². The highest BCUT2D eigenvalue weighted by atomic mass is 32.1. The maximum atomic E-state index is 11.6. The first-order valence-corrected chi connectivity index (χ1v) is 9.34. The minimum Gasteiger partial charge on any atom is -0.465 e. The van der Waals surface area contributed by atoms with Gasteiger partial charge in [-0.2, -0.15) is 0 Å². The van der Waals surface area contributed by atoms with Crippen LogP contribution in [0.25, 0.3) is 0 Å². The zero-order valence-electron chi connectivity index (χ0n) is 15.4. The number of hydrogen-bond acceptors (Lipinski definition) is 4. The maximum absolute atomic E-state index is 11.6. The minimum atomic E-state index is -0.354. The SMILES string of the molecule is COC(=O)c1cccc(NC(=S)NCCCN2C[C@@H](C)C[C@H](C)C2)c1. The highest BCUT2D eigenvalue weighted by Gasteiger charge is 2.20. The quantitative estimate of drug-likeness (QED) is 0.460. The normalized spacial score (nSPS) is 20.8. The molecule has 6 heteroatoms. The van der Waals surface area contributed by atoms with Crippen LogP contribution in [-0.4, -0.2) is 49.3 Å². The molecule has 0 amide bonds. The third-order valence-electron chi connectivity index (χ3n) is 4.42. The molecule has 2 rings (SSSR count). The van der Waals surface area contributed by atoms with Crippen molar-refractivity contribution in [2.45, 2.75) is 26.7 Å². The van der Waals surface area contributed by atoms with E-state index in [4.69, 9.17) is 17.0 Å². The summed E-state index contributed by atoms with van der Waals surface area (Å²) in [5, 5.41) is 6.92. The Morgan fingerprint density at radius 1 is 1.32 bits per heavy atom. The molecule has 5 nitrogen and oxygen atoms in total. The van der Waals surface area contributed by atoms with Crippen molar-refractivity contribution in [3.63, 3.8) is 0 Å². The van der Waals surface area contributed by atoms with Crippen LogP contribution in [0.15, 0.2) is 24.3 Å². The van der Waals surface area contributed by atoms with Gasteiger partial charge >= 0.3 is 5.97 Å². The van der Waals surface area contributed by atoms with E-state index < -0.39 is 0 Å². The van der Waals surface area contributed by atoms with Gasteiger partial charge in [0.2, 0.25) is 0 Å². The lowest BCUT2D eigenvalue weighted by Gasteiger charge is -2.35. The molecule has 0 bridgehead atoms. The standard InChI is InChI=1S/C19H29N3O2S/c1-14-10-15(2)13-22(12-14)9-5-8-20-19(25)21-17-7-4-6-16(11-17)18(23)24-3/h4,6-7,11,14-15H,5,8-10,12-13H2,1-3H3,(H2,20,21,25)/t14-,15-/m0/s1. The Labute approximate surface area is 156 Å². The highest BCUT2D eigenvalue weighted by molar-refractivity contribution is 7.80. The molecule has 0 spiro atoms. The number of piperidine rings is 1. The fourth-order valence-corrected chi connectivity index (χ4v) is 3.72. The molecule has 0 unspecified atom stereocenters. The van der Waals surface area contributed by atoms with Crippen LogP contribution in [0.1, 0.15) is 37.0 Å². The number of nitrogens with one attached hydrogen (secondary N) is 2. The number of ether oxygens (including phenoxy) is 1. The number of hydrogen-bond donors (Lipinski definition) is 2. The summed E-state index contributed by atoms with van der Waals surface area (Å²) in [4.78, 5) is 14.1. The van der Waals surface area contributed by atoms with Gasteiger partial charge in [0.05, 0.1) is 12.7 Å². The van der Waals surface area contributed by atoms with Gasteiger partial charge in [0.15, 0.2) is 5.11 Å². The third kappa shape index (κ3) is 6.63. The Hall–Kier alpha value is -1.66. The van der Waals surface area contributed by atoms with Crippen molar-refractivity contribution in [2.24, 2.45) is 11.8 Å². The average molecular weight is 364 g/mol. The number of carbonyl (C=O) groups is 1. The number of benzene rings is 1. The Morgan fingerprint density at radius 2 is 2.04 bits per heavy atom. The van der Waals surface area contributed by atoms with E-state index in [1.807, 2.05) is 6.07 Å². The van der Waals surface area contributed by atoms with Crippen molar-refractivity contribution in [1.82, 2.24) is 10.2 Å². The predicted octanol–water partition coefficient (Wildman–Crippen LogP) is 3.13. The average Bonchev–Trinajstić information content (AvgIpc) is 2.57. The molecule has 0 aliphatic carbocycles. The first-order valence-electron chi connectivity index (χ1n) is 8.93. The van der Waals surface area contributed by atoms with Crippen LogP contribution in [0.3, 0.4) is 0 Å². The second-order valence-electron chi connectivity index (χ2n) is 7.01. The van der Waals surface area contributed by atoms with Crippen LogP contribution in [-0.2, 0) is 4.74 Å². The molecule has 25 heavy (non-hydrogen) atoms. The van der Waals surface area contributed by atoms with E-state index in [1.165, 1.54) is 26.6 Å². The molecule has 1 fully saturated rings. The number of carbonyl (C=O) groups excluding carboxylic acids is 1. The maximum Gasteiger partial charge on any atom is 0.337 e. The number of likely N-dealkylation sites (tertiary alicyclic amines) is 1. The Bertz CT molecular complexity index is 584. The van der Waals surface area contributed by atoms with Gasteiger partial charge < -0.3 is 20.3 Å². The van der Waals surface area contributed by atoms with Crippen molar-refractivity contribution in [1.29, 1.82) is 0 Å². The van der Waals surface area contributed by atoms with E-state index in [9.17, 15) is 4.79 Å². The van der Waals surface area contributed by atoms with Gasteiger partial charge in [0.25, 0.3) is 0 Å². The molecule has 2 atom stereocenters. The van der Waals surface area contributed by atoms with Crippen LogP contribution < -0.4 is 10.6 Å². The Balaban J connectivity index is 1.70. The summed E-state index contributed by atoms with van der Waals surface area (Å²) in [7, 11) is 1.37. The fourth-order valence-electron chi connectivity index (χ4n) is 3.50. The van der Waals surface area contributed by atoms with Crippen LogP contribution in [0, 0.1) is 11.8 Å². The fraction of sp³-hybridized carbons (Fsp3) is 0.579. The van der Waals surface area contributed by atoms with Crippen LogP contribution in [0.4, 0.5) is 5.69 Å². The van der Waals surface area contributed by atoms with Gasteiger partial charge in [-0.05, 0) is 61.6 Å². The summed E-state index contributed by atoms with van der Waals surface area (Å²) in [5.74, 6) is 1.23. The van der Waals surface area contributed by atoms with Crippen molar-refractivity contribution in [3.05, 3.63) is 29.8 Å². The molecule has 1 aliphatic heterocycles. The summed E-state index contributed by atoms with van der Waals surface area (Å²) in [6.45, 7) is 9.01. The molecule has 0 aromatic heterocycles. The second-order valence-corrected chi connectivity index (χ2v) is 7.42. The number of thiocarbonyl (C=S) groups is 1. The van der Waals surface area contributed by atoms with E-state index >= 15 is 0 Å². The minimum absolute atomic E-state index is 0.354. The van der Waals surface area contributed by atoms with Gasteiger partial charge in [0, 0.05) is 25.3 Å². The van der Waals surface area contributed by atoms with Crippen LogP contribution >= 0.6 is 12.2 Å². The molecule has 2 N–H and O–H groups in total. The van der Waals surface area contributed by atoms with Crippen LogP contribution in [0.2, 0.25) is 0 Å². The van der Waals surface area contributed by atoms with Gasteiger partial charge in [0.1, 0.15) is 0 Å². The van der Waals surface area contributed by atoms with E-state index in [2.05, 4.69) is 29.4 Å². The Kier molecular flexibility index (Phi) is 7.65. The van der Waals surface area contributed by atoms with Crippen LogP contribution in [0.5, 0.6) is 0 Å². The van der Waals surface area contributed by atoms with E-state index in [1.54, 1.807) is 18.2 Å². The van der Waals surface area contributed by atoms with Gasteiger partial charge in [-0.1, -0.05) is 19.9 Å². The number of esters is 1. The molecule has 1 aliphatic rings. The van der Waals surface area contributed by atoms with E-state index in [0.717, 1.165) is 37.0 Å². The molecule has 1 saturated heterocycles. The summed E-state index contributed by atoms with van der Waals surface area (Å²) in [6.07, 6.45) is 2.40. The smallest absolute Gasteiger partial charge is 0.337 e. The zero-order chi connectivity index (χ0) is 18.2. The first kappa shape index (κ1) is 19.7. The van der Waals surface area contributed by atoms with Crippen molar-refractivity contribution in [3.8, 4) is 0 Å². The molecule has 0 radical (unpaired) electrons. The number of rotatable bonds is 6. The zero-order valence-corrected chi connectivity index (χ0v) is 16.2. The molecule has 1 heterocycles. The Morgan fingerprint density at radius 3 is 2.72 bits per heavy atom. The molecule has 1 aromatic rings. The van der Waals surface area contributed by atoms with E-state index in [0.29, 0.717) is 10.7 Å². The predicted molar refractivity (Wildman–Crippen MR) is 106 cm³/mol. The lowest BCUT2D eigenvalue weighted by Crippen LogP contribution is -2.40. The molecule has 1 aromatic carbocycles. The summed E-state index contributed by atoms with van der Waals surface area (Å²) in [5.41, 5.74) is 1.28. The summed E-state index contributed by atoms with van der Waals surface area (Å²) < 4.78 is 4.73. The topological polar surface area (TPSA) is 53.6 Å². The first-order chi connectivity index (χ1) is 12.0. The number of methoxy groups -OCH3 is 1. The van der Waals surface area contributed by atoms with Gasteiger partial charge in [-0.3, -0.25) is 0 Å². The lowest BCUT2D eigenvalue weighted by atomic mass is 9.92. The lowest BCUT2D eigenvalue weighted by molar-refractivity contribution is 0.0601. The number of anilines is 1. The number of nitrogens with zero attached hydrogens (tertiary/aromatic N) is 1. The van der Waals surface area contributed by atoms with Gasteiger partial charge in [-0.25, -0.2) is 4.79 Å². The summed E-state index contributed by atoms with van der Waals surface area (Å²) in [6, 6.07) is 7.12. The molecular formula is C19H29N3O2S. The van der Waals surface area contributed by atoms with Crippen molar-refractivity contribution in [2.75, 3.05) is 38.6 Å². The molecule has 0 saturated carbocycles. The van der Waals surface area contributed by atoms with E-state index in [-0.39, 0.29) is 5.97 Å².